The number of aryl methyl sites for hydroxylation is 2. The molecule has 0 saturated carbocycles. The Morgan fingerprint density at radius 3 is 2.05 bits per heavy atom. The number of ether oxygens (including phenoxy) is 1. The Kier molecular flexibility index (Phi) is 10.1. The molecule has 0 saturated heterocycles. The van der Waals surface area contributed by atoms with E-state index in [1.165, 1.54) is 4.90 Å². The molecule has 212 valence electrons. The smallest absolute Gasteiger partial charge is 0.408 e. The summed E-state index contributed by atoms with van der Waals surface area (Å²) in [5.41, 5.74) is 6.17. The average Bonchev–Trinajstić information content (AvgIpc) is 2.77. The summed E-state index contributed by atoms with van der Waals surface area (Å²) < 4.78 is 5.32. The van der Waals surface area contributed by atoms with E-state index < -0.39 is 53.5 Å². The fraction of sp³-hybridized carbons (Fsp3) is 0.448. The van der Waals surface area contributed by atoms with Crippen LogP contribution in [0.2, 0.25) is 5.02 Å². The summed E-state index contributed by atoms with van der Waals surface area (Å²) in [5, 5.41) is 5.72. The highest BCUT2D eigenvalue weighted by Gasteiger charge is 2.43. The van der Waals surface area contributed by atoms with Gasteiger partial charge >= 0.3 is 6.09 Å². The van der Waals surface area contributed by atoms with Crippen LogP contribution in [-0.4, -0.2) is 45.9 Å². The average molecular weight is 559 g/mol. The number of amides is 4. The van der Waals surface area contributed by atoms with Crippen molar-refractivity contribution in [1.29, 1.82) is 0 Å². The van der Waals surface area contributed by atoms with Gasteiger partial charge in [-0.1, -0.05) is 48.0 Å². The van der Waals surface area contributed by atoms with Crippen LogP contribution in [0.5, 0.6) is 0 Å². The molecule has 0 bridgehead atoms. The number of benzene rings is 2. The van der Waals surface area contributed by atoms with Crippen LogP contribution in [0.25, 0.3) is 0 Å². The predicted octanol–water partition coefficient (Wildman–Crippen LogP) is 5.03. The first-order valence-corrected chi connectivity index (χ1v) is 13.0. The van der Waals surface area contributed by atoms with Crippen molar-refractivity contribution in [2.45, 2.75) is 85.0 Å². The van der Waals surface area contributed by atoms with E-state index in [4.69, 9.17) is 22.1 Å². The van der Waals surface area contributed by atoms with E-state index in [0.717, 1.165) is 11.1 Å². The van der Waals surface area contributed by atoms with Gasteiger partial charge in [0.15, 0.2) is 0 Å². The van der Waals surface area contributed by atoms with Gasteiger partial charge in [-0.05, 0) is 78.1 Å². The van der Waals surface area contributed by atoms with Crippen molar-refractivity contribution in [3.05, 3.63) is 64.2 Å². The monoisotopic (exact) mass is 558 g/mol. The minimum atomic E-state index is -1.38. The summed E-state index contributed by atoms with van der Waals surface area (Å²) in [6.07, 6.45) is -1.38. The van der Waals surface area contributed by atoms with Crippen molar-refractivity contribution in [2.75, 3.05) is 5.32 Å². The van der Waals surface area contributed by atoms with Crippen LogP contribution in [-0.2, 0) is 19.1 Å². The highest BCUT2D eigenvalue weighted by molar-refractivity contribution is 6.34. The van der Waals surface area contributed by atoms with Crippen molar-refractivity contribution in [2.24, 2.45) is 5.73 Å². The molecule has 4 N–H and O–H groups in total. The SMILES string of the molecule is Cc1ccccc1C(C(=O)Nc1c(C)cccc1Cl)N(C(=O)C(CC(N)=O)NC(=O)OC(C)(C)C)C(C)(C)C. The number of rotatable bonds is 8. The van der Waals surface area contributed by atoms with Crippen LogP contribution in [0.3, 0.4) is 0 Å². The Morgan fingerprint density at radius 2 is 1.54 bits per heavy atom. The molecular formula is C29H39ClN4O5. The number of carbonyl (C=O) groups is 4. The minimum Gasteiger partial charge on any atom is -0.444 e. The fourth-order valence-electron chi connectivity index (χ4n) is 4.14. The Balaban J connectivity index is 2.65. The third-order valence-corrected chi connectivity index (χ3v) is 6.13. The van der Waals surface area contributed by atoms with E-state index >= 15 is 0 Å². The lowest BCUT2D eigenvalue weighted by Crippen LogP contribution is -2.58. The van der Waals surface area contributed by atoms with Crippen LogP contribution in [0.4, 0.5) is 10.5 Å². The van der Waals surface area contributed by atoms with Crippen molar-refractivity contribution in [3.8, 4) is 0 Å². The third kappa shape index (κ3) is 8.71. The highest BCUT2D eigenvalue weighted by Crippen LogP contribution is 2.34. The molecule has 0 aromatic heterocycles. The van der Waals surface area contributed by atoms with Crippen LogP contribution in [0.15, 0.2) is 42.5 Å². The molecule has 2 rings (SSSR count). The number of hydrogen-bond acceptors (Lipinski definition) is 5. The Labute approximate surface area is 235 Å². The first-order valence-electron chi connectivity index (χ1n) is 12.6. The number of primary amides is 1. The molecule has 0 fully saturated rings. The molecule has 0 aliphatic carbocycles. The van der Waals surface area contributed by atoms with Gasteiger partial charge in [0.1, 0.15) is 17.7 Å². The molecule has 2 aromatic carbocycles. The number of nitrogens with one attached hydrogen (secondary N) is 2. The van der Waals surface area contributed by atoms with Crippen LogP contribution >= 0.6 is 11.6 Å². The van der Waals surface area contributed by atoms with Gasteiger partial charge in [-0.2, -0.15) is 0 Å². The second-order valence-corrected chi connectivity index (χ2v) is 11.8. The van der Waals surface area contributed by atoms with Crippen LogP contribution in [0, 0.1) is 13.8 Å². The standard InChI is InChI=1S/C29H39ClN4O5/c1-17-12-9-10-14-19(17)24(25(36)33-23-18(2)13-11-15-20(23)30)34(28(3,4)5)26(37)21(16-22(31)35)32-27(38)39-29(6,7)8/h9-15,21,24H,16H2,1-8H3,(H2,31,35)(H,32,38)(H,33,36). The van der Waals surface area contributed by atoms with Gasteiger partial charge in [-0.25, -0.2) is 4.79 Å². The van der Waals surface area contributed by atoms with Crippen molar-refractivity contribution in [1.82, 2.24) is 10.2 Å². The van der Waals surface area contributed by atoms with Gasteiger partial charge in [-0.3, -0.25) is 14.4 Å². The normalized spacial score (nSPS) is 13.2. The lowest BCUT2D eigenvalue weighted by molar-refractivity contribution is -0.147. The summed E-state index contributed by atoms with van der Waals surface area (Å²) >= 11 is 6.40. The zero-order valence-electron chi connectivity index (χ0n) is 23.8. The molecule has 0 heterocycles. The zero-order chi connectivity index (χ0) is 29.7. The number of nitrogens with two attached hydrogens (primary N) is 1. The zero-order valence-corrected chi connectivity index (χ0v) is 24.6. The van der Waals surface area contributed by atoms with Gasteiger partial charge in [0.2, 0.25) is 11.8 Å². The number of hydrogen-bond donors (Lipinski definition) is 3. The van der Waals surface area contributed by atoms with E-state index in [1.807, 2.05) is 32.0 Å². The second kappa shape index (κ2) is 12.5. The fourth-order valence-corrected chi connectivity index (χ4v) is 4.41. The maximum atomic E-state index is 14.2. The number of carbonyl (C=O) groups excluding carboxylic acids is 4. The lowest BCUT2D eigenvalue weighted by Gasteiger charge is -2.43. The molecule has 39 heavy (non-hydrogen) atoms. The quantitative estimate of drug-likeness (QED) is 0.418. The minimum absolute atomic E-state index is 0.346. The summed E-state index contributed by atoms with van der Waals surface area (Å²) in [4.78, 5) is 54.2. The molecule has 0 spiro atoms. The molecule has 2 unspecified atom stereocenters. The van der Waals surface area contributed by atoms with E-state index in [0.29, 0.717) is 16.3 Å². The Hall–Kier alpha value is -3.59. The summed E-state index contributed by atoms with van der Waals surface area (Å²) in [6, 6.07) is 9.91. The van der Waals surface area contributed by atoms with E-state index in [1.54, 1.807) is 65.8 Å². The number of anilines is 1. The van der Waals surface area contributed by atoms with E-state index in [2.05, 4.69) is 10.6 Å². The number of halogens is 1. The first kappa shape index (κ1) is 31.6. The molecule has 2 atom stereocenters. The van der Waals surface area contributed by atoms with Crippen molar-refractivity contribution >= 4 is 41.1 Å². The summed E-state index contributed by atoms with van der Waals surface area (Å²) in [5.74, 6) is -1.99. The van der Waals surface area contributed by atoms with Gasteiger partial charge in [0, 0.05) is 5.54 Å². The molecule has 4 amide bonds. The maximum Gasteiger partial charge on any atom is 0.408 e. The summed E-state index contributed by atoms with van der Waals surface area (Å²) in [6.45, 7) is 14.0. The predicted molar refractivity (Wildman–Crippen MR) is 152 cm³/mol. The highest BCUT2D eigenvalue weighted by atomic mass is 35.5. The maximum absolute atomic E-state index is 14.2. The van der Waals surface area contributed by atoms with E-state index in [9.17, 15) is 19.2 Å². The molecular weight excluding hydrogens is 520 g/mol. The Bertz CT molecular complexity index is 1210. The van der Waals surface area contributed by atoms with Gasteiger partial charge in [0.05, 0.1) is 17.1 Å². The Morgan fingerprint density at radius 1 is 0.949 bits per heavy atom. The van der Waals surface area contributed by atoms with Crippen LogP contribution < -0.4 is 16.4 Å². The third-order valence-electron chi connectivity index (χ3n) is 5.81. The number of nitrogens with zero attached hydrogens (tertiary/aromatic N) is 1. The van der Waals surface area contributed by atoms with Gasteiger partial charge in [-0.15, -0.1) is 0 Å². The number of alkyl carbamates (subject to hydrolysis) is 1. The number of para-hydroxylation sites is 1. The largest absolute Gasteiger partial charge is 0.444 e. The molecule has 2 aromatic rings. The molecule has 0 aliphatic heterocycles. The topological polar surface area (TPSA) is 131 Å². The molecule has 9 nitrogen and oxygen atoms in total. The van der Waals surface area contributed by atoms with Crippen molar-refractivity contribution < 1.29 is 23.9 Å². The van der Waals surface area contributed by atoms with Gasteiger partial charge in [0.25, 0.3) is 5.91 Å². The van der Waals surface area contributed by atoms with Crippen molar-refractivity contribution in [3.63, 3.8) is 0 Å². The molecule has 0 radical (unpaired) electrons. The van der Waals surface area contributed by atoms with Crippen LogP contribution in [0.1, 0.15) is 70.7 Å². The van der Waals surface area contributed by atoms with Gasteiger partial charge < -0.3 is 26.0 Å². The first-order chi connectivity index (χ1) is 17.9. The second-order valence-electron chi connectivity index (χ2n) is 11.4. The molecule has 10 heteroatoms. The summed E-state index contributed by atoms with van der Waals surface area (Å²) in [7, 11) is 0. The lowest BCUT2D eigenvalue weighted by atomic mass is 9.92. The van der Waals surface area contributed by atoms with E-state index in [-0.39, 0.29) is 0 Å². The molecule has 0 aliphatic rings.